The van der Waals surface area contributed by atoms with Crippen LogP contribution in [0.15, 0.2) is 24.3 Å². The predicted octanol–water partition coefficient (Wildman–Crippen LogP) is -0.0185. The highest BCUT2D eigenvalue weighted by Crippen LogP contribution is 2.38. The van der Waals surface area contributed by atoms with Crippen LogP contribution in [0.5, 0.6) is 0 Å². The SMILES string of the molecule is CP(=O)(O)c1ccccc1P(N)(=O)O. The Balaban J connectivity index is 3.47. The lowest BCUT2D eigenvalue weighted by Crippen LogP contribution is -2.27. The molecule has 4 N–H and O–H groups in total. The Morgan fingerprint density at radius 2 is 1.57 bits per heavy atom. The van der Waals surface area contributed by atoms with Crippen molar-refractivity contribution in [3.8, 4) is 0 Å². The maximum atomic E-state index is 11.4. The largest absolute Gasteiger partial charge is 0.341 e. The first kappa shape index (κ1) is 11.6. The third-order valence-electron chi connectivity index (χ3n) is 1.67. The minimum Gasteiger partial charge on any atom is -0.341 e. The van der Waals surface area contributed by atoms with Crippen molar-refractivity contribution < 1.29 is 18.9 Å². The number of benzene rings is 1. The number of rotatable bonds is 2. The standard InChI is InChI=1S/C7H11NO4P2/c1-13(9,10)6-4-2-3-5-7(6)14(8,11)12/h2-5H,1H3,(H,9,10)(H3,8,11,12). The zero-order valence-corrected chi connectivity index (χ0v) is 9.28. The van der Waals surface area contributed by atoms with Crippen LogP contribution in [0, 0.1) is 0 Å². The molecule has 0 aliphatic heterocycles. The van der Waals surface area contributed by atoms with Crippen LogP contribution < -0.4 is 16.1 Å². The zero-order valence-electron chi connectivity index (χ0n) is 7.49. The third kappa shape index (κ3) is 2.53. The maximum Gasteiger partial charge on any atom is 0.295 e. The normalized spacial score (nSPS) is 19.7. The molecule has 14 heavy (non-hydrogen) atoms. The van der Waals surface area contributed by atoms with Crippen molar-refractivity contribution in [1.82, 2.24) is 0 Å². The highest BCUT2D eigenvalue weighted by Gasteiger charge is 2.26. The van der Waals surface area contributed by atoms with Crippen molar-refractivity contribution in [3.63, 3.8) is 0 Å². The molecular weight excluding hydrogens is 224 g/mol. The van der Waals surface area contributed by atoms with Gasteiger partial charge in [-0.2, -0.15) is 0 Å². The Morgan fingerprint density at radius 3 is 1.86 bits per heavy atom. The molecule has 78 valence electrons. The average molecular weight is 235 g/mol. The monoisotopic (exact) mass is 235 g/mol. The summed E-state index contributed by atoms with van der Waals surface area (Å²) in [7, 11) is -7.55. The van der Waals surface area contributed by atoms with E-state index in [9.17, 15) is 14.0 Å². The second kappa shape index (κ2) is 3.61. The highest BCUT2D eigenvalue weighted by atomic mass is 31.2. The molecule has 2 unspecified atom stereocenters. The lowest BCUT2D eigenvalue weighted by atomic mass is 10.4. The van der Waals surface area contributed by atoms with Crippen molar-refractivity contribution in [2.24, 2.45) is 5.50 Å². The zero-order chi connectivity index (χ0) is 11.0. The summed E-state index contributed by atoms with van der Waals surface area (Å²) in [5, 5.41) is -0.221. The van der Waals surface area contributed by atoms with Gasteiger partial charge in [-0.05, 0) is 12.1 Å². The minimum absolute atomic E-state index is 0.0617. The summed E-state index contributed by atoms with van der Waals surface area (Å²) < 4.78 is 22.5. The van der Waals surface area contributed by atoms with E-state index < -0.39 is 14.9 Å². The summed E-state index contributed by atoms with van der Waals surface area (Å²) in [6, 6.07) is 5.61. The molecule has 1 aromatic rings. The molecule has 7 heteroatoms. The van der Waals surface area contributed by atoms with Crippen LogP contribution in [-0.2, 0) is 9.13 Å². The summed E-state index contributed by atoms with van der Waals surface area (Å²) in [6.45, 7) is 1.10. The van der Waals surface area contributed by atoms with Gasteiger partial charge in [0.1, 0.15) is 0 Å². The summed E-state index contributed by atoms with van der Waals surface area (Å²) >= 11 is 0. The Morgan fingerprint density at radius 1 is 1.14 bits per heavy atom. The summed E-state index contributed by atoms with van der Waals surface area (Å²) in [5.41, 5.74) is 5.03. The van der Waals surface area contributed by atoms with E-state index in [4.69, 9.17) is 10.4 Å². The Labute approximate surface area is 81.5 Å². The molecule has 0 aliphatic rings. The molecule has 5 nitrogen and oxygen atoms in total. The molecule has 0 radical (unpaired) electrons. The summed E-state index contributed by atoms with van der Waals surface area (Å²) in [5.74, 6) is 0. The first-order valence-electron chi connectivity index (χ1n) is 3.75. The van der Waals surface area contributed by atoms with E-state index in [0.29, 0.717) is 0 Å². The highest BCUT2D eigenvalue weighted by molar-refractivity contribution is 7.71. The molecule has 0 aromatic heterocycles. The molecule has 0 fully saturated rings. The number of hydrogen-bond acceptors (Lipinski definition) is 2. The molecule has 1 aromatic carbocycles. The number of nitrogens with two attached hydrogens (primary N) is 1. The van der Waals surface area contributed by atoms with Crippen LogP contribution in [0.2, 0.25) is 0 Å². The fourth-order valence-corrected chi connectivity index (χ4v) is 3.64. The van der Waals surface area contributed by atoms with Crippen molar-refractivity contribution >= 4 is 25.5 Å². The molecule has 1 rings (SSSR count). The van der Waals surface area contributed by atoms with Crippen LogP contribution in [0.25, 0.3) is 0 Å². The predicted molar refractivity (Wildman–Crippen MR) is 55.5 cm³/mol. The van der Waals surface area contributed by atoms with Gasteiger partial charge in [-0.15, -0.1) is 0 Å². The molecule has 0 amide bonds. The van der Waals surface area contributed by atoms with Crippen molar-refractivity contribution in [1.29, 1.82) is 0 Å². The van der Waals surface area contributed by atoms with Gasteiger partial charge in [-0.1, -0.05) is 12.1 Å². The Kier molecular flexibility index (Phi) is 3.00. The molecule has 0 spiro atoms. The van der Waals surface area contributed by atoms with Gasteiger partial charge < -0.3 is 9.79 Å². The molecule has 0 saturated heterocycles. The fraction of sp³-hybridized carbons (Fsp3) is 0.143. The van der Waals surface area contributed by atoms with Crippen molar-refractivity contribution in [2.75, 3.05) is 6.66 Å². The van der Waals surface area contributed by atoms with E-state index in [0.717, 1.165) is 6.66 Å². The van der Waals surface area contributed by atoms with Gasteiger partial charge in [0.2, 0.25) is 7.37 Å². The quantitative estimate of drug-likeness (QED) is 0.625. The van der Waals surface area contributed by atoms with Gasteiger partial charge in [0.15, 0.2) is 0 Å². The third-order valence-corrected chi connectivity index (χ3v) is 4.21. The van der Waals surface area contributed by atoms with Crippen molar-refractivity contribution in [3.05, 3.63) is 24.3 Å². The molecule has 0 aliphatic carbocycles. The number of hydrogen-bond donors (Lipinski definition) is 3. The minimum atomic E-state index is -3.98. The molecule has 0 bridgehead atoms. The Hall–Kier alpha value is -0.440. The molecule has 2 atom stereocenters. The summed E-state index contributed by atoms with van der Waals surface area (Å²) in [6.07, 6.45) is 0. The van der Waals surface area contributed by atoms with E-state index in [1.54, 1.807) is 0 Å². The van der Waals surface area contributed by atoms with Gasteiger partial charge in [-0.3, -0.25) is 14.6 Å². The van der Waals surface area contributed by atoms with Crippen LogP contribution in [-0.4, -0.2) is 16.5 Å². The van der Waals surface area contributed by atoms with E-state index in [-0.39, 0.29) is 10.6 Å². The second-order valence-corrected chi connectivity index (χ2v) is 6.96. The summed E-state index contributed by atoms with van der Waals surface area (Å²) in [4.78, 5) is 18.4. The van der Waals surface area contributed by atoms with E-state index in [1.807, 2.05) is 0 Å². The first-order valence-corrected chi connectivity index (χ1v) is 7.58. The Bertz CT molecular complexity index is 392. The van der Waals surface area contributed by atoms with Crippen LogP contribution in [0.3, 0.4) is 0 Å². The molecular formula is C7H11NO4P2. The van der Waals surface area contributed by atoms with Gasteiger partial charge >= 0.3 is 0 Å². The van der Waals surface area contributed by atoms with Crippen LogP contribution >= 0.6 is 14.9 Å². The van der Waals surface area contributed by atoms with Gasteiger partial charge in [0, 0.05) is 6.66 Å². The average Bonchev–Trinajstić information content (AvgIpc) is 2.01. The molecule has 0 heterocycles. The smallest absolute Gasteiger partial charge is 0.295 e. The molecule has 0 saturated carbocycles. The first-order chi connectivity index (χ1) is 6.23. The van der Waals surface area contributed by atoms with Gasteiger partial charge in [0.05, 0.1) is 10.6 Å². The van der Waals surface area contributed by atoms with Crippen LogP contribution in [0.1, 0.15) is 0 Å². The van der Waals surface area contributed by atoms with Gasteiger partial charge in [-0.25, -0.2) is 0 Å². The van der Waals surface area contributed by atoms with Crippen LogP contribution in [0.4, 0.5) is 0 Å². The fourth-order valence-electron chi connectivity index (χ4n) is 1.09. The van der Waals surface area contributed by atoms with Gasteiger partial charge in [0.25, 0.3) is 7.52 Å². The van der Waals surface area contributed by atoms with E-state index in [1.165, 1.54) is 24.3 Å². The lowest BCUT2D eigenvalue weighted by molar-refractivity contribution is 0.488. The lowest BCUT2D eigenvalue weighted by Gasteiger charge is -2.13. The van der Waals surface area contributed by atoms with E-state index >= 15 is 0 Å². The second-order valence-electron chi connectivity index (χ2n) is 2.99. The van der Waals surface area contributed by atoms with Crippen molar-refractivity contribution in [2.45, 2.75) is 0 Å². The van der Waals surface area contributed by atoms with E-state index in [2.05, 4.69) is 0 Å². The maximum absolute atomic E-state index is 11.4. The topological polar surface area (TPSA) is 101 Å².